The van der Waals surface area contributed by atoms with Gasteiger partial charge in [-0.15, -0.1) is 0 Å². The number of hydrogen-bond donors (Lipinski definition) is 0. The maximum atomic E-state index is 13.0. The minimum atomic E-state index is 0.0807. The third kappa shape index (κ3) is 6.45. The quantitative estimate of drug-likeness (QED) is 0.651. The predicted molar refractivity (Wildman–Crippen MR) is 112 cm³/mol. The van der Waals surface area contributed by atoms with E-state index in [2.05, 4.69) is 9.88 Å². The molecule has 0 radical (unpaired) electrons. The molecule has 7 heteroatoms. The van der Waals surface area contributed by atoms with Crippen LogP contribution in [-0.2, 0) is 22.5 Å². The van der Waals surface area contributed by atoms with Gasteiger partial charge >= 0.3 is 0 Å². The third-order valence-electron chi connectivity index (χ3n) is 4.82. The third-order valence-corrected chi connectivity index (χ3v) is 5.56. The summed E-state index contributed by atoms with van der Waals surface area (Å²) < 4.78 is 5.40. The maximum absolute atomic E-state index is 13.0. The van der Waals surface area contributed by atoms with Gasteiger partial charge < -0.3 is 9.64 Å². The Bertz CT molecular complexity index is 768. The Balaban J connectivity index is 1.61. The maximum Gasteiger partial charge on any atom is 0.227 e. The fourth-order valence-electron chi connectivity index (χ4n) is 3.25. The number of benzene rings is 1. The normalized spacial score (nSPS) is 14.8. The summed E-state index contributed by atoms with van der Waals surface area (Å²) in [6.45, 7) is 5.75. The molecular formula is C21H25Cl2N3O2. The zero-order valence-electron chi connectivity index (χ0n) is 15.8. The molecule has 1 aliphatic rings. The van der Waals surface area contributed by atoms with E-state index in [0.29, 0.717) is 29.6 Å². The van der Waals surface area contributed by atoms with Crippen molar-refractivity contribution in [2.24, 2.45) is 0 Å². The molecule has 5 nitrogen and oxygen atoms in total. The van der Waals surface area contributed by atoms with Gasteiger partial charge in [0.25, 0.3) is 0 Å². The van der Waals surface area contributed by atoms with Crippen molar-refractivity contribution in [2.45, 2.75) is 19.4 Å². The summed E-state index contributed by atoms with van der Waals surface area (Å²) in [5, 5.41) is 0.969. The number of hydrogen-bond acceptors (Lipinski definition) is 4. The van der Waals surface area contributed by atoms with E-state index in [1.807, 2.05) is 23.1 Å². The average molecular weight is 422 g/mol. The van der Waals surface area contributed by atoms with Crippen molar-refractivity contribution in [1.82, 2.24) is 14.8 Å². The molecule has 0 aliphatic carbocycles. The second-order valence-electron chi connectivity index (χ2n) is 6.90. The van der Waals surface area contributed by atoms with Crippen molar-refractivity contribution in [1.29, 1.82) is 0 Å². The Hall–Kier alpha value is -1.66. The molecule has 1 aromatic heterocycles. The summed E-state index contributed by atoms with van der Waals surface area (Å²) >= 11 is 12.1. The number of halogens is 2. The lowest BCUT2D eigenvalue weighted by Gasteiger charge is -2.28. The Morgan fingerprint density at radius 3 is 2.54 bits per heavy atom. The first kappa shape index (κ1) is 21.1. The number of carbonyl (C=O) groups is 1. The standard InChI is InChI=1S/C21H25Cl2N3O2/c22-19-3-2-18(14-20(19)23)15-21(27)26(16-17-4-6-24-7-5-17)9-1-8-25-10-12-28-13-11-25/h2-7,14H,1,8-13,15-16H2. The number of ether oxygens (including phenoxy) is 1. The number of amides is 1. The van der Waals surface area contributed by atoms with Crippen LogP contribution >= 0.6 is 23.2 Å². The summed E-state index contributed by atoms with van der Waals surface area (Å²) in [5.41, 5.74) is 1.94. The monoisotopic (exact) mass is 421 g/mol. The van der Waals surface area contributed by atoms with Crippen LogP contribution < -0.4 is 0 Å². The van der Waals surface area contributed by atoms with Crippen molar-refractivity contribution < 1.29 is 9.53 Å². The topological polar surface area (TPSA) is 45.7 Å². The first-order chi connectivity index (χ1) is 13.6. The van der Waals surface area contributed by atoms with Gasteiger partial charge in [-0.25, -0.2) is 0 Å². The first-order valence-electron chi connectivity index (χ1n) is 9.52. The first-order valence-corrected chi connectivity index (χ1v) is 10.3. The number of rotatable bonds is 8. The summed E-state index contributed by atoms with van der Waals surface area (Å²) in [4.78, 5) is 21.4. The van der Waals surface area contributed by atoms with Gasteiger partial charge in [-0.1, -0.05) is 29.3 Å². The molecule has 1 aliphatic heterocycles. The lowest BCUT2D eigenvalue weighted by molar-refractivity contribution is -0.131. The number of morpholine rings is 1. The molecule has 0 N–H and O–H groups in total. The minimum absolute atomic E-state index is 0.0807. The molecule has 3 rings (SSSR count). The van der Waals surface area contributed by atoms with Gasteiger partial charge in [0.1, 0.15) is 0 Å². The van der Waals surface area contributed by atoms with Gasteiger partial charge in [0.15, 0.2) is 0 Å². The second kappa shape index (κ2) is 10.8. The molecule has 1 saturated heterocycles. The summed E-state index contributed by atoms with van der Waals surface area (Å²) in [7, 11) is 0. The van der Waals surface area contributed by atoms with Gasteiger partial charge in [-0.2, -0.15) is 0 Å². The zero-order valence-corrected chi connectivity index (χ0v) is 17.3. The van der Waals surface area contributed by atoms with E-state index in [-0.39, 0.29) is 5.91 Å². The smallest absolute Gasteiger partial charge is 0.227 e. The van der Waals surface area contributed by atoms with Crippen molar-refractivity contribution >= 4 is 29.1 Å². The number of aromatic nitrogens is 1. The van der Waals surface area contributed by atoms with E-state index >= 15 is 0 Å². The predicted octanol–water partition coefficient (Wildman–Crippen LogP) is 3.68. The number of pyridine rings is 1. The minimum Gasteiger partial charge on any atom is -0.379 e. The Morgan fingerprint density at radius 2 is 1.82 bits per heavy atom. The van der Waals surface area contributed by atoms with Crippen LogP contribution in [0, 0.1) is 0 Å². The van der Waals surface area contributed by atoms with E-state index in [1.165, 1.54) is 0 Å². The second-order valence-corrected chi connectivity index (χ2v) is 7.72. The van der Waals surface area contributed by atoms with Gasteiger partial charge in [-0.3, -0.25) is 14.7 Å². The van der Waals surface area contributed by atoms with E-state index in [4.69, 9.17) is 27.9 Å². The van der Waals surface area contributed by atoms with E-state index in [0.717, 1.165) is 50.4 Å². The zero-order chi connectivity index (χ0) is 19.8. The molecule has 2 heterocycles. The molecular weight excluding hydrogens is 397 g/mol. The van der Waals surface area contributed by atoms with E-state index in [9.17, 15) is 4.79 Å². The molecule has 1 fully saturated rings. The molecule has 1 amide bonds. The van der Waals surface area contributed by atoms with Crippen molar-refractivity contribution in [3.8, 4) is 0 Å². The molecule has 150 valence electrons. The van der Waals surface area contributed by atoms with Crippen LogP contribution in [0.25, 0.3) is 0 Å². The van der Waals surface area contributed by atoms with E-state index < -0.39 is 0 Å². The Kier molecular flexibility index (Phi) is 8.10. The average Bonchev–Trinajstić information content (AvgIpc) is 2.71. The summed E-state index contributed by atoms with van der Waals surface area (Å²) in [6.07, 6.45) is 4.74. The largest absolute Gasteiger partial charge is 0.379 e. The highest BCUT2D eigenvalue weighted by Gasteiger charge is 2.17. The van der Waals surface area contributed by atoms with Crippen LogP contribution in [0.2, 0.25) is 10.0 Å². The number of nitrogens with zero attached hydrogens (tertiary/aromatic N) is 3. The molecule has 0 bridgehead atoms. The van der Waals surface area contributed by atoms with Gasteiger partial charge in [0, 0.05) is 45.1 Å². The van der Waals surface area contributed by atoms with Crippen LogP contribution in [0.5, 0.6) is 0 Å². The SMILES string of the molecule is O=C(Cc1ccc(Cl)c(Cl)c1)N(CCCN1CCOCC1)Cc1ccncc1. The highest BCUT2D eigenvalue weighted by Crippen LogP contribution is 2.23. The highest BCUT2D eigenvalue weighted by molar-refractivity contribution is 6.42. The lowest BCUT2D eigenvalue weighted by atomic mass is 10.1. The molecule has 0 atom stereocenters. The molecule has 0 spiro atoms. The van der Waals surface area contributed by atoms with Crippen molar-refractivity contribution in [3.63, 3.8) is 0 Å². The Morgan fingerprint density at radius 1 is 1.07 bits per heavy atom. The van der Waals surface area contributed by atoms with Gasteiger partial charge in [0.2, 0.25) is 5.91 Å². The number of carbonyl (C=O) groups excluding carboxylic acids is 1. The van der Waals surface area contributed by atoms with Crippen LogP contribution in [0.15, 0.2) is 42.7 Å². The highest BCUT2D eigenvalue weighted by atomic mass is 35.5. The fraction of sp³-hybridized carbons (Fsp3) is 0.429. The van der Waals surface area contributed by atoms with Crippen LogP contribution in [0.4, 0.5) is 0 Å². The molecule has 1 aromatic carbocycles. The molecule has 28 heavy (non-hydrogen) atoms. The lowest BCUT2D eigenvalue weighted by Crippen LogP contribution is -2.39. The van der Waals surface area contributed by atoms with Crippen LogP contribution in [0.1, 0.15) is 17.5 Å². The van der Waals surface area contributed by atoms with Crippen molar-refractivity contribution in [3.05, 3.63) is 63.9 Å². The molecule has 2 aromatic rings. The molecule has 0 saturated carbocycles. The summed E-state index contributed by atoms with van der Waals surface area (Å²) in [5.74, 6) is 0.0807. The summed E-state index contributed by atoms with van der Waals surface area (Å²) in [6, 6.07) is 9.24. The Labute approximate surface area is 176 Å². The van der Waals surface area contributed by atoms with Gasteiger partial charge in [0.05, 0.1) is 29.7 Å². The van der Waals surface area contributed by atoms with Gasteiger partial charge in [-0.05, 0) is 41.8 Å². The van der Waals surface area contributed by atoms with Crippen LogP contribution in [-0.4, -0.2) is 60.1 Å². The van der Waals surface area contributed by atoms with Crippen molar-refractivity contribution in [2.75, 3.05) is 39.4 Å². The molecule has 0 unspecified atom stereocenters. The van der Waals surface area contributed by atoms with E-state index in [1.54, 1.807) is 24.5 Å². The van der Waals surface area contributed by atoms with Crippen LogP contribution in [0.3, 0.4) is 0 Å². The fourth-order valence-corrected chi connectivity index (χ4v) is 3.57.